The lowest BCUT2D eigenvalue weighted by atomic mass is 9.97. The summed E-state index contributed by atoms with van der Waals surface area (Å²) < 4.78 is 8.14. The maximum atomic E-state index is 11.7. The molecule has 7 heteroatoms. The second-order valence-corrected chi connectivity index (χ2v) is 10.9. The number of rotatable bonds is 7. The lowest BCUT2D eigenvalue weighted by Crippen LogP contribution is -2.44. The van der Waals surface area contributed by atoms with E-state index in [1.54, 1.807) is 22.8 Å². The predicted octanol–water partition coefficient (Wildman–Crippen LogP) is 6.56. The van der Waals surface area contributed by atoms with Gasteiger partial charge in [-0.15, -0.1) is 0 Å². The lowest BCUT2D eigenvalue weighted by Gasteiger charge is -2.35. The average Bonchev–Trinajstić information content (AvgIpc) is 3.36. The van der Waals surface area contributed by atoms with Gasteiger partial charge in [-0.2, -0.15) is 5.10 Å². The first-order chi connectivity index (χ1) is 18.9. The highest BCUT2D eigenvalue weighted by atomic mass is 16.5. The zero-order chi connectivity index (χ0) is 27.0. The van der Waals surface area contributed by atoms with Crippen molar-refractivity contribution in [2.75, 3.05) is 19.6 Å². The van der Waals surface area contributed by atoms with E-state index in [1.807, 2.05) is 48.8 Å². The molecule has 0 unspecified atom stereocenters. The van der Waals surface area contributed by atoms with Crippen molar-refractivity contribution in [3.05, 3.63) is 84.8 Å². The van der Waals surface area contributed by atoms with E-state index in [-0.39, 0.29) is 11.2 Å². The van der Waals surface area contributed by atoms with Crippen LogP contribution in [0.25, 0.3) is 38.7 Å². The number of piperidine rings is 1. The SMILES string of the molecule is CC(C)(CN1CCCCC1)Oc1ccc(-c2cnc3c(-c4cccc5c(C(=O)O)cccc45)cnn3c2)cc1. The summed E-state index contributed by atoms with van der Waals surface area (Å²) in [4.78, 5) is 19.0. The van der Waals surface area contributed by atoms with Crippen LogP contribution < -0.4 is 4.74 Å². The molecule has 0 spiro atoms. The first-order valence-electron chi connectivity index (χ1n) is 13.5. The fourth-order valence-electron chi connectivity index (χ4n) is 5.67. The topological polar surface area (TPSA) is 80.0 Å². The Morgan fingerprint density at radius 1 is 0.897 bits per heavy atom. The Morgan fingerprint density at radius 3 is 2.41 bits per heavy atom. The molecule has 0 saturated carbocycles. The third-order valence-corrected chi connectivity index (χ3v) is 7.43. The number of aromatic nitrogens is 3. The molecule has 1 N–H and O–H groups in total. The highest BCUT2D eigenvalue weighted by Crippen LogP contribution is 2.33. The summed E-state index contributed by atoms with van der Waals surface area (Å²) in [7, 11) is 0. The fraction of sp³-hybridized carbons (Fsp3) is 0.281. The molecule has 7 nitrogen and oxygen atoms in total. The molecular formula is C32H32N4O3. The van der Waals surface area contributed by atoms with Gasteiger partial charge in [0.05, 0.1) is 11.8 Å². The van der Waals surface area contributed by atoms with Crippen molar-refractivity contribution < 1.29 is 14.6 Å². The number of benzene rings is 3. The Morgan fingerprint density at radius 2 is 1.64 bits per heavy atom. The molecule has 198 valence electrons. The molecule has 1 saturated heterocycles. The second kappa shape index (κ2) is 10.2. The van der Waals surface area contributed by atoms with Crippen molar-refractivity contribution in [3.8, 4) is 28.0 Å². The van der Waals surface area contributed by atoms with Crippen molar-refractivity contribution in [1.82, 2.24) is 19.5 Å². The van der Waals surface area contributed by atoms with Gasteiger partial charge in [0.15, 0.2) is 5.65 Å². The van der Waals surface area contributed by atoms with Crippen LogP contribution in [0.15, 0.2) is 79.3 Å². The molecule has 3 heterocycles. The van der Waals surface area contributed by atoms with E-state index in [9.17, 15) is 9.90 Å². The molecule has 0 atom stereocenters. The van der Waals surface area contributed by atoms with Crippen molar-refractivity contribution in [2.24, 2.45) is 0 Å². The van der Waals surface area contributed by atoms with Crippen LogP contribution in [-0.2, 0) is 0 Å². The molecule has 6 rings (SSSR count). The van der Waals surface area contributed by atoms with Gasteiger partial charge in [0.2, 0.25) is 0 Å². The summed E-state index contributed by atoms with van der Waals surface area (Å²) in [6.45, 7) is 7.54. The maximum Gasteiger partial charge on any atom is 0.336 e. The average molecular weight is 521 g/mol. The molecule has 2 aromatic heterocycles. The summed E-state index contributed by atoms with van der Waals surface area (Å²) in [6, 6.07) is 19.2. The molecular weight excluding hydrogens is 488 g/mol. The van der Waals surface area contributed by atoms with Crippen LogP contribution in [-0.4, -0.2) is 55.8 Å². The number of carbonyl (C=O) groups is 1. The summed E-state index contributed by atoms with van der Waals surface area (Å²) in [5.74, 6) is -0.0878. The van der Waals surface area contributed by atoms with Gasteiger partial charge in [-0.3, -0.25) is 4.90 Å². The van der Waals surface area contributed by atoms with Gasteiger partial charge in [-0.25, -0.2) is 14.3 Å². The van der Waals surface area contributed by atoms with Gasteiger partial charge in [0.1, 0.15) is 11.4 Å². The molecule has 1 aliphatic rings. The van der Waals surface area contributed by atoms with Gasteiger partial charge in [-0.1, -0.05) is 48.9 Å². The van der Waals surface area contributed by atoms with E-state index in [0.717, 1.165) is 53.0 Å². The van der Waals surface area contributed by atoms with Gasteiger partial charge < -0.3 is 9.84 Å². The highest BCUT2D eigenvalue weighted by molar-refractivity contribution is 6.09. The minimum absolute atomic E-state index is 0.266. The van der Waals surface area contributed by atoms with Crippen LogP contribution in [0.5, 0.6) is 5.75 Å². The minimum Gasteiger partial charge on any atom is -0.487 e. The standard InChI is InChI=1S/C32H32N4O3/c1-32(2,21-35-16-4-3-5-17-35)39-24-14-12-22(13-15-24)23-18-33-30-29(19-34-36(30)20-23)27-10-6-9-26-25(27)8-7-11-28(26)31(37)38/h6-15,18-20H,3-5,16-17,21H2,1-2H3,(H,37,38). The van der Waals surface area contributed by atoms with Crippen molar-refractivity contribution in [1.29, 1.82) is 0 Å². The molecule has 3 aromatic carbocycles. The van der Waals surface area contributed by atoms with Crippen molar-refractivity contribution >= 4 is 22.4 Å². The first kappa shape index (κ1) is 25.1. The molecule has 5 aromatic rings. The number of fused-ring (bicyclic) bond motifs is 2. The Hall–Kier alpha value is -4.23. The summed E-state index contributed by atoms with van der Waals surface area (Å²) in [5, 5.41) is 15.7. The van der Waals surface area contributed by atoms with Crippen LogP contribution in [0.3, 0.4) is 0 Å². The molecule has 1 fully saturated rings. The Balaban J connectivity index is 1.25. The van der Waals surface area contributed by atoms with E-state index < -0.39 is 5.97 Å². The van der Waals surface area contributed by atoms with Gasteiger partial charge >= 0.3 is 5.97 Å². The Labute approximate surface area is 227 Å². The molecule has 0 radical (unpaired) electrons. The number of carboxylic acids is 1. The smallest absolute Gasteiger partial charge is 0.336 e. The van der Waals surface area contributed by atoms with E-state index in [1.165, 1.54) is 19.3 Å². The minimum atomic E-state index is -0.942. The Bertz CT molecular complexity index is 1650. The first-order valence-corrected chi connectivity index (χ1v) is 13.5. The van der Waals surface area contributed by atoms with E-state index in [4.69, 9.17) is 9.72 Å². The number of nitrogens with zero attached hydrogens (tertiary/aromatic N) is 4. The quantitative estimate of drug-likeness (QED) is 0.262. The van der Waals surface area contributed by atoms with E-state index in [2.05, 4.69) is 36.0 Å². The summed E-state index contributed by atoms with van der Waals surface area (Å²) >= 11 is 0. The van der Waals surface area contributed by atoms with Crippen LogP contribution in [0.2, 0.25) is 0 Å². The molecule has 1 aliphatic heterocycles. The number of hydrogen-bond acceptors (Lipinski definition) is 5. The van der Waals surface area contributed by atoms with Gasteiger partial charge in [0, 0.05) is 30.1 Å². The lowest BCUT2D eigenvalue weighted by molar-refractivity contribution is 0.0520. The van der Waals surface area contributed by atoms with Crippen LogP contribution >= 0.6 is 0 Å². The third kappa shape index (κ3) is 5.10. The fourth-order valence-corrected chi connectivity index (χ4v) is 5.67. The van der Waals surface area contributed by atoms with Crippen LogP contribution in [0.4, 0.5) is 0 Å². The van der Waals surface area contributed by atoms with E-state index >= 15 is 0 Å². The molecule has 0 bridgehead atoms. The monoisotopic (exact) mass is 520 g/mol. The number of aromatic carboxylic acids is 1. The molecule has 39 heavy (non-hydrogen) atoms. The summed E-state index contributed by atoms with van der Waals surface area (Å²) in [5.41, 5.74) is 4.46. The number of likely N-dealkylation sites (tertiary alicyclic amines) is 1. The van der Waals surface area contributed by atoms with E-state index in [0.29, 0.717) is 11.0 Å². The maximum absolute atomic E-state index is 11.7. The molecule has 0 aliphatic carbocycles. The zero-order valence-electron chi connectivity index (χ0n) is 22.3. The van der Waals surface area contributed by atoms with Gasteiger partial charge in [-0.05, 0) is 79.9 Å². The normalized spacial score (nSPS) is 14.6. The van der Waals surface area contributed by atoms with Crippen LogP contribution in [0.1, 0.15) is 43.5 Å². The third-order valence-electron chi connectivity index (χ3n) is 7.43. The molecule has 0 amide bonds. The largest absolute Gasteiger partial charge is 0.487 e. The zero-order valence-corrected chi connectivity index (χ0v) is 22.3. The summed E-state index contributed by atoms with van der Waals surface area (Å²) in [6.07, 6.45) is 9.48. The van der Waals surface area contributed by atoms with Crippen molar-refractivity contribution in [2.45, 2.75) is 38.7 Å². The van der Waals surface area contributed by atoms with Crippen molar-refractivity contribution in [3.63, 3.8) is 0 Å². The predicted molar refractivity (Wildman–Crippen MR) is 153 cm³/mol. The van der Waals surface area contributed by atoms with Crippen LogP contribution in [0, 0.1) is 0 Å². The van der Waals surface area contributed by atoms with Gasteiger partial charge in [0.25, 0.3) is 0 Å². The number of hydrogen-bond donors (Lipinski definition) is 1. The number of ether oxygens (including phenoxy) is 1. The Kier molecular flexibility index (Phi) is 6.53. The highest BCUT2D eigenvalue weighted by Gasteiger charge is 2.25. The number of carboxylic acid groups (broad SMARTS) is 1. The second-order valence-electron chi connectivity index (χ2n) is 10.9.